The van der Waals surface area contributed by atoms with Gasteiger partial charge in [-0.3, -0.25) is 9.69 Å². The van der Waals surface area contributed by atoms with Crippen LogP contribution in [0.1, 0.15) is 40.9 Å². The summed E-state index contributed by atoms with van der Waals surface area (Å²) < 4.78 is 28.2. The molecule has 2 aromatic rings. The van der Waals surface area contributed by atoms with E-state index in [1.165, 1.54) is 18.2 Å². The van der Waals surface area contributed by atoms with Gasteiger partial charge in [-0.05, 0) is 44.5 Å². The lowest BCUT2D eigenvalue weighted by atomic mass is 10.1. The van der Waals surface area contributed by atoms with Gasteiger partial charge in [0.25, 0.3) is 5.91 Å². The second kappa shape index (κ2) is 7.96. The third-order valence-corrected chi connectivity index (χ3v) is 5.05. The third kappa shape index (κ3) is 3.93. The summed E-state index contributed by atoms with van der Waals surface area (Å²) in [7, 11) is 0. The van der Waals surface area contributed by atoms with E-state index < -0.39 is 11.6 Å². The fraction of sp³-hybridized carbons (Fsp3) is 0.381. The Bertz CT molecular complexity index is 773. The van der Waals surface area contributed by atoms with Gasteiger partial charge in [0.1, 0.15) is 11.6 Å². The first-order valence-electron chi connectivity index (χ1n) is 9.01. The molecular weight excluding hydrogens is 334 g/mol. The molecule has 0 radical (unpaired) electrons. The Hall–Kier alpha value is -2.27. The summed E-state index contributed by atoms with van der Waals surface area (Å²) in [6.07, 6.45) is 0.776. The molecule has 1 amide bonds. The van der Waals surface area contributed by atoms with Crippen LogP contribution >= 0.6 is 0 Å². The van der Waals surface area contributed by atoms with Crippen molar-refractivity contribution in [2.75, 3.05) is 26.2 Å². The molecule has 1 saturated heterocycles. The van der Waals surface area contributed by atoms with Crippen LogP contribution in [-0.4, -0.2) is 41.9 Å². The largest absolute Gasteiger partial charge is 0.337 e. The molecule has 2 aromatic carbocycles. The van der Waals surface area contributed by atoms with Gasteiger partial charge in [0.05, 0.1) is 0 Å². The standard InChI is InChI=1S/C21H24F2N2O/c1-15-6-3-7-17(14-15)21(26)25-11-5-10-24(12-13-25)16(2)20-18(22)8-4-9-19(20)23/h3-4,6-9,14,16H,5,10-13H2,1-2H3. The number of carbonyl (C=O) groups excluding carboxylic acids is 1. The summed E-state index contributed by atoms with van der Waals surface area (Å²) >= 11 is 0. The van der Waals surface area contributed by atoms with Crippen molar-refractivity contribution in [3.8, 4) is 0 Å². The fourth-order valence-corrected chi connectivity index (χ4v) is 3.58. The molecule has 3 nitrogen and oxygen atoms in total. The molecule has 1 aliphatic rings. The molecule has 1 fully saturated rings. The normalized spacial score (nSPS) is 17.0. The molecule has 3 rings (SSSR count). The van der Waals surface area contributed by atoms with Gasteiger partial charge in [0.2, 0.25) is 0 Å². The van der Waals surface area contributed by atoms with Gasteiger partial charge in [0, 0.05) is 43.3 Å². The highest BCUT2D eigenvalue weighted by atomic mass is 19.1. The molecule has 5 heteroatoms. The second-order valence-electron chi connectivity index (χ2n) is 6.86. The van der Waals surface area contributed by atoms with Crippen molar-refractivity contribution >= 4 is 5.91 Å². The van der Waals surface area contributed by atoms with Crippen molar-refractivity contribution in [3.05, 3.63) is 70.8 Å². The minimum atomic E-state index is -0.519. The number of benzene rings is 2. The molecule has 0 aliphatic carbocycles. The molecule has 26 heavy (non-hydrogen) atoms. The highest BCUT2D eigenvalue weighted by Crippen LogP contribution is 2.26. The molecule has 0 spiro atoms. The van der Waals surface area contributed by atoms with Crippen LogP contribution in [0.15, 0.2) is 42.5 Å². The van der Waals surface area contributed by atoms with E-state index in [-0.39, 0.29) is 17.5 Å². The topological polar surface area (TPSA) is 23.6 Å². The van der Waals surface area contributed by atoms with Crippen LogP contribution < -0.4 is 0 Å². The average Bonchev–Trinajstić information content (AvgIpc) is 2.87. The van der Waals surface area contributed by atoms with Crippen LogP contribution in [0.2, 0.25) is 0 Å². The van der Waals surface area contributed by atoms with E-state index in [2.05, 4.69) is 0 Å². The smallest absolute Gasteiger partial charge is 0.253 e. The minimum Gasteiger partial charge on any atom is -0.337 e. The summed E-state index contributed by atoms with van der Waals surface area (Å²) in [6, 6.07) is 11.2. The Balaban J connectivity index is 1.71. The number of nitrogens with zero attached hydrogens (tertiary/aromatic N) is 2. The summed E-state index contributed by atoms with van der Waals surface area (Å²) in [5.41, 5.74) is 1.84. The van der Waals surface area contributed by atoms with Crippen molar-refractivity contribution in [3.63, 3.8) is 0 Å². The first kappa shape index (κ1) is 18.5. The first-order chi connectivity index (χ1) is 12.5. The van der Waals surface area contributed by atoms with Gasteiger partial charge in [-0.25, -0.2) is 8.78 Å². The maximum Gasteiger partial charge on any atom is 0.253 e. The van der Waals surface area contributed by atoms with E-state index in [9.17, 15) is 13.6 Å². The summed E-state index contributed by atoms with van der Waals surface area (Å²) in [5.74, 6) is -1.02. The molecule has 0 bridgehead atoms. The number of rotatable bonds is 3. The van der Waals surface area contributed by atoms with E-state index in [4.69, 9.17) is 0 Å². The van der Waals surface area contributed by atoms with Crippen LogP contribution in [0.4, 0.5) is 8.78 Å². The van der Waals surface area contributed by atoms with Gasteiger partial charge < -0.3 is 4.90 Å². The first-order valence-corrected chi connectivity index (χ1v) is 9.01. The third-order valence-electron chi connectivity index (χ3n) is 5.05. The fourth-order valence-electron chi connectivity index (χ4n) is 3.58. The van der Waals surface area contributed by atoms with E-state index in [0.29, 0.717) is 31.7 Å². The molecule has 1 atom stereocenters. The molecular formula is C21H24F2N2O. The van der Waals surface area contributed by atoms with Gasteiger partial charge in [-0.15, -0.1) is 0 Å². The highest BCUT2D eigenvalue weighted by Gasteiger charge is 2.26. The number of aryl methyl sites for hydroxylation is 1. The Morgan fingerprint density at radius 1 is 1.00 bits per heavy atom. The van der Waals surface area contributed by atoms with Gasteiger partial charge in [-0.1, -0.05) is 23.8 Å². The van der Waals surface area contributed by atoms with Gasteiger partial charge in [-0.2, -0.15) is 0 Å². The Morgan fingerprint density at radius 3 is 2.38 bits per heavy atom. The molecule has 0 N–H and O–H groups in total. The van der Waals surface area contributed by atoms with Crippen molar-refractivity contribution in [2.24, 2.45) is 0 Å². The average molecular weight is 358 g/mol. The number of hydrogen-bond donors (Lipinski definition) is 0. The van der Waals surface area contributed by atoms with Gasteiger partial charge in [0.15, 0.2) is 0 Å². The lowest BCUT2D eigenvalue weighted by molar-refractivity contribution is 0.0758. The number of amides is 1. The van der Waals surface area contributed by atoms with E-state index >= 15 is 0 Å². The zero-order valence-electron chi connectivity index (χ0n) is 15.2. The van der Waals surface area contributed by atoms with Crippen molar-refractivity contribution in [2.45, 2.75) is 26.3 Å². The summed E-state index contributed by atoms with van der Waals surface area (Å²) in [5, 5.41) is 0. The summed E-state index contributed by atoms with van der Waals surface area (Å²) in [4.78, 5) is 16.6. The SMILES string of the molecule is Cc1cccc(C(=O)N2CCCN(C(C)c3c(F)cccc3F)CC2)c1. The highest BCUT2D eigenvalue weighted by molar-refractivity contribution is 5.94. The minimum absolute atomic E-state index is 0.0141. The van der Waals surface area contributed by atoms with E-state index in [0.717, 1.165) is 12.0 Å². The van der Waals surface area contributed by atoms with E-state index in [1.54, 1.807) is 0 Å². The lowest BCUT2D eigenvalue weighted by Crippen LogP contribution is -2.36. The monoisotopic (exact) mass is 358 g/mol. The van der Waals surface area contributed by atoms with Crippen LogP contribution in [0.5, 0.6) is 0 Å². The number of carbonyl (C=O) groups is 1. The van der Waals surface area contributed by atoms with Crippen LogP contribution in [0.3, 0.4) is 0 Å². The Labute approximate surface area is 153 Å². The zero-order chi connectivity index (χ0) is 18.7. The maximum atomic E-state index is 14.1. The molecule has 138 valence electrons. The zero-order valence-corrected chi connectivity index (χ0v) is 15.2. The number of halogens is 2. The predicted molar refractivity (Wildman–Crippen MR) is 98.0 cm³/mol. The predicted octanol–water partition coefficient (Wildman–Crippen LogP) is 4.18. The van der Waals surface area contributed by atoms with Crippen molar-refractivity contribution < 1.29 is 13.6 Å². The molecule has 0 saturated carbocycles. The van der Waals surface area contributed by atoms with Gasteiger partial charge >= 0.3 is 0 Å². The molecule has 1 aliphatic heterocycles. The van der Waals surface area contributed by atoms with Crippen LogP contribution in [0.25, 0.3) is 0 Å². The maximum absolute atomic E-state index is 14.1. The quantitative estimate of drug-likeness (QED) is 0.822. The Morgan fingerprint density at radius 2 is 1.69 bits per heavy atom. The van der Waals surface area contributed by atoms with Crippen molar-refractivity contribution in [1.29, 1.82) is 0 Å². The Kier molecular flexibility index (Phi) is 5.67. The molecule has 1 heterocycles. The van der Waals surface area contributed by atoms with Crippen LogP contribution in [-0.2, 0) is 0 Å². The molecule has 1 unspecified atom stereocenters. The summed E-state index contributed by atoms with van der Waals surface area (Å²) in [6.45, 7) is 6.27. The van der Waals surface area contributed by atoms with Crippen molar-refractivity contribution in [1.82, 2.24) is 9.80 Å². The van der Waals surface area contributed by atoms with Crippen LogP contribution in [0, 0.1) is 18.6 Å². The lowest BCUT2D eigenvalue weighted by Gasteiger charge is -2.28. The molecule has 0 aromatic heterocycles. The second-order valence-corrected chi connectivity index (χ2v) is 6.86. The number of hydrogen-bond acceptors (Lipinski definition) is 2. The van der Waals surface area contributed by atoms with E-state index in [1.807, 2.05) is 47.9 Å².